The number of hydrogen-bond acceptors (Lipinski definition) is 6. The van der Waals surface area contributed by atoms with E-state index in [1.54, 1.807) is 18.2 Å². The van der Waals surface area contributed by atoms with Crippen LogP contribution in [0.15, 0.2) is 60.8 Å². The third-order valence-electron chi connectivity index (χ3n) is 7.46. The molecule has 0 radical (unpaired) electrons. The fourth-order valence-electron chi connectivity index (χ4n) is 4.71. The van der Waals surface area contributed by atoms with E-state index in [-0.39, 0.29) is 12.8 Å². The summed E-state index contributed by atoms with van der Waals surface area (Å²) in [6.45, 7) is 5.88. The highest BCUT2D eigenvalue weighted by atomic mass is 16.6. The molecular weight excluding hydrogens is 564 g/mol. The lowest BCUT2D eigenvalue weighted by molar-refractivity contribution is -0.173. The van der Waals surface area contributed by atoms with E-state index in [2.05, 4.69) is 32.9 Å². The van der Waals surface area contributed by atoms with E-state index < -0.39 is 36.5 Å². The fourth-order valence-corrected chi connectivity index (χ4v) is 4.71. The van der Waals surface area contributed by atoms with Crippen molar-refractivity contribution in [1.82, 2.24) is 0 Å². The highest BCUT2D eigenvalue weighted by Gasteiger charge is 2.33. The van der Waals surface area contributed by atoms with Crippen LogP contribution >= 0.6 is 0 Å². The monoisotopic (exact) mass is 628 g/mol. The normalized spacial score (nSPS) is 13.5. The number of aliphatic hydroxyl groups excluding tert-OH is 1. The van der Waals surface area contributed by atoms with Crippen molar-refractivity contribution >= 4 is 17.7 Å². The Morgan fingerprint density at radius 2 is 0.956 bits per heavy atom. The predicted octanol–water partition coefficient (Wildman–Crippen LogP) is 10.0. The molecule has 0 aromatic heterocycles. The number of rotatable bonds is 30. The van der Waals surface area contributed by atoms with Gasteiger partial charge in [-0.25, -0.2) is 0 Å². The Balaban J connectivity index is 4.89. The van der Waals surface area contributed by atoms with E-state index in [0.29, 0.717) is 12.8 Å². The van der Waals surface area contributed by atoms with Gasteiger partial charge in [0.1, 0.15) is 0 Å². The lowest BCUT2D eigenvalue weighted by Crippen LogP contribution is -2.42. The Morgan fingerprint density at radius 1 is 0.533 bits per heavy atom. The first-order valence-corrected chi connectivity index (χ1v) is 17.9. The van der Waals surface area contributed by atoms with Crippen molar-refractivity contribution < 1.29 is 29.0 Å². The number of ether oxygens (including phenoxy) is 2. The van der Waals surface area contributed by atoms with Gasteiger partial charge >= 0.3 is 11.9 Å². The first-order chi connectivity index (χ1) is 22.0. The number of ketones is 1. The van der Waals surface area contributed by atoms with Crippen molar-refractivity contribution in [2.45, 2.75) is 161 Å². The summed E-state index contributed by atoms with van der Waals surface area (Å²) in [5.74, 6) is -1.58. The number of hydrogen-bond donors (Lipinski definition) is 1. The Labute approximate surface area is 275 Å². The molecule has 0 saturated carbocycles. The van der Waals surface area contributed by atoms with Crippen molar-refractivity contribution in [2.24, 2.45) is 0 Å². The van der Waals surface area contributed by atoms with Crippen LogP contribution in [0, 0.1) is 0 Å². The Kier molecular flexibility index (Phi) is 30.7. The molecule has 0 aromatic carbocycles. The van der Waals surface area contributed by atoms with Gasteiger partial charge in [0.25, 0.3) is 0 Å². The highest BCUT2D eigenvalue weighted by Crippen LogP contribution is 2.14. The first kappa shape index (κ1) is 42.3. The standard InChI is InChI=1S/C39H64O6/c1-4-7-10-13-14-15-16-17-18-19-20-21-22-23-24-27-28-31-35(41)39(45-38(43)33-30-26-12-9-6-3)36(34-40)44-37(42)32-29-25-11-8-5-2/h18-24,27-28,31,36,39-40H,4-17,25-26,29-30,32-34H2,1-3H3. The summed E-state index contributed by atoms with van der Waals surface area (Å²) in [5.41, 5.74) is 0. The highest BCUT2D eigenvalue weighted by molar-refractivity contribution is 5.95. The zero-order valence-corrected chi connectivity index (χ0v) is 28.8. The molecule has 6 heteroatoms. The molecule has 0 bridgehead atoms. The van der Waals surface area contributed by atoms with E-state index in [9.17, 15) is 19.5 Å². The zero-order valence-electron chi connectivity index (χ0n) is 28.8. The molecule has 2 unspecified atom stereocenters. The van der Waals surface area contributed by atoms with Gasteiger partial charge < -0.3 is 14.6 Å². The van der Waals surface area contributed by atoms with Gasteiger partial charge in [-0.1, -0.05) is 165 Å². The van der Waals surface area contributed by atoms with Gasteiger partial charge in [-0.05, 0) is 31.8 Å². The molecule has 0 amide bonds. The number of aliphatic hydroxyl groups is 1. The Morgan fingerprint density at radius 3 is 1.47 bits per heavy atom. The van der Waals surface area contributed by atoms with Crippen LogP contribution in [0.5, 0.6) is 0 Å². The molecule has 0 spiro atoms. The fraction of sp³-hybridized carbons (Fsp3) is 0.667. The molecule has 1 N–H and O–H groups in total. The van der Waals surface area contributed by atoms with Crippen LogP contribution in [-0.2, 0) is 23.9 Å². The molecule has 0 aliphatic rings. The molecule has 0 heterocycles. The lowest BCUT2D eigenvalue weighted by Gasteiger charge is -2.24. The third kappa shape index (κ3) is 27.3. The summed E-state index contributed by atoms with van der Waals surface area (Å²) in [6, 6.07) is 0. The van der Waals surface area contributed by atoms with E-state index in [4.69, 9.17) is 9.47 Å². The van der Waals surface area contributed by atoms with Crippen LogP contribution in [0.4, 0.5) is 0 Å². The molecule has 6 nitrogen and oxygen atoms in total. The van der Waals surface area contributed by atoms with Gasteiger partial charge in [-0.15, -0.1) is 0 Å². The molecule has 0 fully saturated rings. The number of allylic oxidation sites excluding steroid dienone is 9. The minimum atomic E-state index is -1.39. The summed E-state index contributed by atoms with van der Waals surface area (Å²) in [7, 11) is 0. The average Bonchev–Trinajstić information content (AvgIpc) is 3.03. The van der Waals surface area contributed by atoms with Gasteiger partial charge in [-0.2, -0.15) is 0 Å². The van der Waals surface area contributed by atoms with E-state index in [1.165, 1.54) is 51.0 Å². The molecule has 0 rings (SSSR count). The van der Waals surface area contributed by atoms with Gasteiger partial charge in [0, 0.05) is 12.8 Å². The second kappa shape index (κ2) is 32.7. The molecule has 45 heavy (non-hydrogen) atoms. The van der Waals surface area contributed by atoms with Gasteiger partial charge in [0.2, 0.25) is 6.10 Å². The summed E-state index contributed by atoms with van der Waals surface area (Å²) < 4.78 is 10.9. The van der Waals surface area contributed by atoms with E-state index >= 15 is 0 Å². The molecule has 0 saturated heterocycles. The van der Waals surface area contributed by atoms with Crippen LogP contribution in [0.2, 0.25) is 0 Å². The van der Waals surface area contributed by atoms with Gasteiger partial charge in [-0.3, -0.25) is 14.4 Å². The quantitative estimate of drug-likeness (QED) is 0.0368. The molecular formula is C39H64O6. The predicted molar refractivity (Wildman–Crippen MR) is 187 cm³/mol. The summed E-state index contributed by atoms with van der Waals surface area (Å²) in [5, 5.41) is 9.96. The minimum Gasteiger partial charge on any atom is -0.455 e. The second-order valence-electron chi connectivity index (χ2n) is 11.7. The number of esters is 2. The Hall–Kier alpha value is -2.73. The van der Waals surface area contributed by atoms with Crippen LogP contribution < -0.4 is 0 Å². The number of carbonyl (C=O) groups excluding carboxylic acids is 3. The largest absolute Gasteiger partial charge is 0.455 e. The lowest BCUT2D eigenvalue weighted by atomic mass is 10.1. The smallest absolute Gasteiger partial charge is 0.306 e. The second-order valence-corrected chi connectivity index (χ2v) is 11.7. The van der Waals surface area contributed by atoms with Crippen LogP contribution in [0.25, 0.3) is 0 Å². The molecule has 256 valence electrons. The summed E-state index contributed by atoms with van der Waals surface area (Å²) in [4.78, 5) is 38.0. The SMILES string of the molecule is CCCCCCCCCC=CC=CC=CC=CC=CC(=O)C(OC(=O)CCCCCCC)C(CO)OC(=O)CCCCCCC. The maximum atomic E-state index is 13.0. The minimum absolute atomic E-state index is 0.174. The van der Waals surface area contributed by atoms with Gasteiger partial charge in [0.05, 0.1) is 6.61 Å². The van der Waals surface area contributed by atoms with E-state index in [0.717, 1.165) is 57.8 Å². The average molecular weight is 629 g/mol. The summed E-state index contributed by atoms with van der Waals surface area (Å²) in [6.07, 6.45) is 36.0. The maximum Gasteiger partial charge on any atom is 0.306 e. The van der Waals surface area contributed by atoms with Crippen molar-refractivity contribution in [2.75, 3.05) is 6.61 Å². The van der Waals surface area contributed by atoms with Crippen molar-refractivity contribution in [3.8, 4) is 0 Å². The molecule has 0 aromatic rings. The summed E-state index contributed by atoms with van der Waals surface area (Å²) >= 11 is 0. The van der Waals surface area contributed by atoms with Crippen molar-refractivity contribution in [1.29, 1.82) is 0 Å². The molecule has 0 aliphatic heterocycles. The maximum absolute atomic E-state index is 13.0. The van der Waals surface area contributed by atoms with Gasteiger partial charge in [0.15, 0.2) is 11.9 Å². The van der Waals surface area contributed by atoms with Crippen LogP contribution in [-0.4, -0.2) is 41.6 Å². The van der Waals surface area contributed by atoms with Crippen LogP contribution in [0.1, 0.15) is 149 Å². The number of unbranched alkanes of at least 4 members (excludes halogenated alkanes) is 15. The van der Waals surface area contributed by atoms with Crippen LogP contribution in [0.3, 0.4) is 0 Å². The van der Waals surface area contributed by atoms with E-state index in [1.807, 2.05) is 24.3 Å². The zero-order chi connectivity index (χ0) is 33.2. The topological polar surface area (TPSA) is 89.9 Å². The Bertz CT molecular complexity index is 882. The number of carbonyl (C=O) groups is 3. The van der Waals surface area contributed by atoms with Crippen molar-refractivity contribution in [3.63, 3.8) is 0 Å². The first-order valence-electron chi connectivity index (χ1n) is 17.9. The van der Waals surface area contributed by atoms with Crippen molar-refractivity contribution in [3.05, 3.63) is 60.8 Å². The molecule has 0 aliphatic carbocycles. The third-order valence-corrected chi connectivity index (χ3v) is 7.46. The molecule has 2 atom stereocenters.